The Balaban J connectivity index is 2.18. The molecule has 0 bridgehead atoms. The summed E-state index contributed by atoms with van der Waals surface area (Å²) < 4.78 is 13.4. The molecule has 1 heterocycles. The molecule has 2 aromatic rings. The highest BCUT2D eigenvalue weighted by atomic mass is 19.1. The number of rotatable bonds is 3. The van der Waals surface area contributed by atoms with Gasteiger partial charge in [-0.15, -0.1) is 0 Å². The van der Waals surface area contributed by atoms with Crippen molar-refractivity contribution in [1.82, 2.24) is 20.5 Å². The quantitative estimate of drug-likeness (QED) is 0.761. The van der Waals surface area contributed by atoms with Crippen LogP contribution in [0, 0.1) is 5.82 Å². The Kier molecular flexibility index (Phi) is 3.22. The molecule has 2 rings (SSSR count). The van der Waals surface area contributed by atoms with E-state index in [0.717, 1.165) is 6.07 Å². The van der Waals surface area contributed by atoms with Gasteiger partial charge in [0.25, 0.3) is 5.91 Å². The average molecular weight is 250 g/mol. The number of aromatic nitrogens is 3. The molecule has 0 saturated heterocycles. The van der Waals surface area contributed by atoms with Crippen LogP contribution in [0.1, 0.15) is 29.1 Å². The number of halogens is 1. The highest BCUT2D eigenvalue weighted by Crippen LogP contribution is 2.20. The van der Waals surface area contributed by atoms with Gasteiger partial charge in [-0.2, -0.15) is 5.10 Å². The Labute approximate surface area is 102 Å². The van der Waals surface area contributed by atoms with E-state index in [2.05, 4.69) is 20.5 Å². The Morgan fingerprint density at radius 2 is 2.33 bits per heavy atom. The number of carbonyl (C=O) groups is 1. The van der Waals surface area contributed by atoms with Crippen LogP contribution in [0.2, 0.25) is 0 Å². The van der Waals surface area contributed by atoms with Crippen molar-refractivity contribution in [3.8, 4) is 5.75 Å². The van der Waals surface area contributed by atoms with Gasteiger partial charge in [-0.25, -0.2) is 9.37 Å². The average Bonchev–Trinajstić information content (AvgIpc) is 2.81. The summed E-state index contributed by atoms with van der Waals surface area (Å²) in [6.45, 7) is 1.66. The van der Waals surface area contributed by atoms with E-state index in [9.17, 15) is 14.3 Å². The number of nitrogens with one attached hydrogen (secondary N) is 2. The lowest BCUT2D eigenvalue weighted by molar-refractivity contribution is 0.0931. The molecule has 0 saturated carbocycles. The first kappa shape index (κ1) is 12.0. The molecule has 0 radical (unpaired) electrons. The summed E-state index contributed by atoms with van der Waals surface area (Å²) >= 11 is 0. The maximum Gasteiger partial charge on any atom is 0.258 e. The lowest BCUT2D eigenvalue weighted by Crippen LogP contribution is -2.28. The second-order valence-corrected chi connectivity index (χ2v) is 3.70. The highest BCUT2D eigenvalue weighted by Gasteiger charge is 2.19. The van der Waals surface area contributed by atoms with Crippen molar-refractivity contribution in [2.75, 3.05) is 0 Å². The number of phenolic OH excluding ortho intramolecular Hbond substituents is 1. The van der Waals surface area contributed by atoms with Gasteiger partial charge < -0.3 is 10.4 Å². The molecule has 0 fully saturated rings. The Bertz CT molecular complexity index is 536. The van der Waals surface area contributed by atoms with Gasteiger partial charge in [0, 0.05) is 0 Å². The van der Waals surface area contributed by atoms with Crippen LogP contribution in [0.3, 0.4) is 0 Å². The summed E-state index contributed by atoms with van der Waals surface area (Å²) in [6, 6.07) is 3.20. The number of nitrogens with zero attached hydrogens (tertiary/aromatic N) is 2. The third kappa shape index (κ3) is 2.29. The molecule has 6 nitrogen and oxygen atoms in total. The zero-order chi connectivity index (χ0) is 13.1. The van der Waals surface area contributed by atoms with Gasteiger partial charge in [0.1, 0.15) is 29.3 Å². The van der Waals surface area contributed by atoms with E-state index >= 15 is 0 Å². The molecule has 1 aromatic heterocycles. The van der Waals surface area contributed by atoms with Gasteiger partial charge in [0.2, 0.25) is 0 Å². The van der Waals surface area contributed by atoms with E-state index in [1.54, 1.807) is 6.92 Å². The summed E-state index contributed by atoms with van der Waals surface area (Å²) in [5.41, 5.74) is -0.385. The molecule has 1 amide bonds. The Hall–Kier alpha value is -2.44. The number of aromatic hydroxyl groups is 1. The molecule has 18 heavy (non-hydrogen) atoms. The van der Waals surface area contributed by atoms with Crippen LogP contribution in [0.5, 0.6) is 5.75 Å². The van der Waals surface area contributed by atoms with Gasteiger partial charge in [-0.1, -0.05) is 6.07 Å². The van der Waals surface area contributed by atoms with Crippen molar-refractivity contribution < 1.29 is 14.3 Å². The molecule has 1 aromatic carbocycles. The van der Waals surface area contributed by atoms with Crippen molar-refractivity contribution in [1.29, 1.82) is 0 Å². The molecule has 94 valence electrons. The molecular formula is C11H11FN4O2. The number of aromatic amines is 1. The topological polar surface area (TPSA) is 90.9 Å². The summed E-state index contributed by atoms with van der Waals surface area (Å²) in [5, 5.41) is 18.2. The third-order valence-electron chi connectivity index (χ3n) is 2.41. The lowest BCUT2D eigenvalue weighted by Gasteiger charge is -2.12. The minimum atomic E-state index is -0.780. The van der Waals surface area contributed by atoms with Crippen molar-refractivity contribution in [2.24, 2.45) is 0 Å². The first-order valence-electron chi connectivity index (χ1n) is 5.23. The fourth-order valence-corrected chi connectivity index (χ4v) is 1.50. The molecule has 3 N–H and O–H groups in total. The minimum Gasteiger partial charge on any atom is -0.507 e. The zero-order valence-corrected chi connectivity index (χ0v) is 9.51. The van der Waals surface area contributed by atoms with E-state index in [4.69, 9.17) is 0 Å². The highest BCUT2D eigenvalue weighted by molar-refractivity contribution is 5.97. The van der Waals surface area contributed by atoms with Crippen LogP contribution in [0.15, 0.2) is 24.5 Å². The molecule has 0 aliphatic heterocycles. The number of hydrogen-bond acceptors (Lipinski definition) is 4. The van der Waals surface area contributed by atoms with Gasteiger partial charge in [-0.05, 0) is 19.1 Å². The number of amides is 1. The SMILES string of the molecule is CC(NC(=O)c1c(O)cccc1F)c1ncn[nH]1. The standard InChI is InChI=1S/C11H11FN4O2/c1-6(10-13-5-14-16-10)15-11(18)9-7(12)3-2-4-8(9)17/h2-6,17H,1H3,(H,15,18)(H,13,14,16). The summed E-state index contributed by atoms with van der Waals surface area (Å²) in [4.78, 5) is 15.7. The lowest BCUT2D eigenvalue weighted by atomic mass is 10.1. The maximum absolute atomic E-state index is 13.4. The Morgan fingerprint density at radius 1 is 1.56 bits per heavy atom. The first-order valence-corrected chi connectivity index (χ1v) is 5.23. The second-order valence-electron chi connectivity index (χ2n) is 3.70. The van der Waals surface area contributed by atoms with E-state index in [-0.39, 0.29) is 5.56 Å². The molecule has 7 heteroatoms. The number of H-pyrrole nitrogens is 1. The van der Waals surface area contributed by atoms with Crippen LogP contribution < -0.4 is 5.32 Å². The Morgan fingerprint density at radius 3 is 2.94 bits per heavy atom. The first-order chi connectivity index (χ1) is 8.59. The normalized spacial score (nSPS) is 12.1. The molecule has 0 aliphatic carbocycles. The molecule has 0 aliphatic rings. The van der Waals surface area contributed by atoms with E-state index in [1.165, 1.54) is 18.5 Å². The number of phenols is 1. The number of carbonyl (C=O) groups excluding carboxylic acids is 1. The maximum atomic E-state index is 13.4. The van der Waals surface area contributed by atoms with Crippen LogP contribution in [-0.4, -0.2) is 26.2 Å². The fraction of sp³-hybridized carbons (Fsp3) is 0.182. The van der Waals surface area contributed by atoms with E-state index in [1.807, 2.05) is 0 Å². The summed E-state index contributed by atoms with van der Waals surface area (Å²) in [5.74, 6) is -1.46. The van der Waals surface area contributed by atoms with Gasteiger partial charge in [0.15, 0.2) is 0 Å². The van der Waals surface area contributed by atoms with Gasteiger partial charge in [0.05, 0.1) is 6.04 Å². The van der Waals surface area contributed by atoms with Crippen molar-refractivity contribution >= 4 is 5.91 Å². The molecular weight excluding hydrogens is 239 g/mol. The van der Waals surface area contributed by atoms with E-state index in [0.29, 0.717) is 5.82 Å². The molecule has 1 unspecified atom stereocenters. The number of benzene rings is 1. The minimum absolute atomic E-state index is 0.385. The summed E-state index contributed by atoms with van der Waals surface area (Å²) in [7, 11) is 0. The van der Waals surface area contributed by atoms with E-state index < -0.39 is 23.5 Å². The van der Waals surface area contributed by atoms with Crippen molar-refractivity contribution in [2.45, 2.75) is 13.0 Å². The molecule has 0 spiro atoms. The largest absolute Gasteiger partial charge is 0.507 e. The number of hydrogen-bond donors (Lipinski definition) is 3. The predicted molar refractivity (Wildman–Crippen MR) is 60.3 cm³/mol. The van der Waals surface area contributed by atoms with Crippen molar-refractivity contribution in [3.63, 3.8) is 0 Å². The van der Waals surface area contributed by atoms with Gasteiger partial charge in [-0.3, -0.25) is 9.89 Å². The van der Waals surface area contributed by atoms with Crippen LogP contribution in [0.25, 0.3) is 0 Å². The monoisotopic (exact) mass is 250 g/mol. The van der Waals surface area contributed by atoms with Crippen LogP contribution >= 0.6 is 0 Å². The molecule has 1 atom stereocenters. The fourth-order valence-electron chi connectivity index (χ4n) is 1.50. The van der Waals surface area contributed by atoms with Crippen molar-refractivity contribution in [3.05, 3.63) is 41.7 Å². The van der Waals surface area contributed by atoms with Gasteiger partial charge >= 0.3 is 0 Å². The third-order valence-corrected chi connectivity index (χ3v) is 2.41. The second kappa shape index (κ2) is 4.82. The van der Waals surface area contributed by atoms with Crippen LogP contribution in [-0.2, 0) is 0 Å². The van der Waals surface area contributed by atoms with Crippen LogP contribution in [0.4, 0.5) is 4.39 Å². The smallest absolute Gasteiger partial charge is 0.258 e. The summed E-state index contributed by atoms with van der Waals surface area (Å²) in [6.07, 6.45) is 1.30. The zero-order valence-electron chi connectivity index (χ0n) is 9.51. The predicted octanol–water partition coefficient (Wildman–Crippen LogP) is 1.14.